The first-order valence-corrected chi connectivity index (χ1v) is 16.0. The van der Waals surface area contributed by atoms with Crippen molar-refractivity contribution in [1.29, 1.82) is 0 Å². The fraction of sp³-hybridized carbons (Fsp3) is 0.714. The average molecular weight is 538 g/mol. The van der Waals surface area contributed by atoms with E-state index in [0.29, 0.717) is 37.1 Å². The normalized spacial score (nSPS) is 25.5. The molecular weight excluding hydrogens is 490 g/mol. The van der Waals surface area contributed by atoms with Gasteiger partial charge < -0.3 is 25.2 Å². The highest BCUT2D eigenvalue weighted by Crippen LogP contribution is 2.68. The van der Waals surface area contributed by atoms with Gasteiger partial charge in [0.2, 0.25) is 12.7 Å². The van der Waals surface area contributed by atoms with E-state index in [1.807, 2.05) is 29.4 Å². The van der Waals surface area contributed by atoms with Gasteiger partial charge in [0.25, 0.3) is 0 Å². The first kappa shape index (κ1) is 29.6. The highest BCUT2D eigenvalue weighted by molar-refractivity contribution is 8.45. The third kappa shape index (κ3) is 6.92. The molecule has 0 radical (unpaired) electrons. The minimum absolute atomic E-state index is 0.0945. The monoisotopic (exact) mass is 537 g/mol. The van der Waals surface area contributed by atoms with Crippen LogP contribution in [0.2, 0.25) is 0 Å². The smallest absolute Gasteiger partial charge is 0.348 e. The maximum Gasteiger partial charge on any atom is 0.348 e. The minimum atomic E-state index is -2.19. The number of rotatable bonds is 14. The Morgan fingerprint density at radius 2 is 1.89 bits per heavy atom. The minimum Gasteiger partial charge on any atom is -0.474 e. The number of carboxylic acid groups (broad SMARTS) is 1. The van der Waals surface area contributed by atoms with Crippen molar-refractivity contribution in [1.82, 2.24) is 9.80 Å². The van der Waals surface area contributed by atoms with E-state index < -0.39 is 15.3 Å². The zero-order valence-corrected chi connectivity index (χ0v) is 23.9. The van der Waals surface area contributed by atoms with Crippen molar-refractivity contribution < 1.29 is 24.2 Å². The van der Waals surface area contributed by atoms with Crippen LogP contribution in [0, 0.1) is 5.92 Å². The molecule has 1 aromatic rings. The predicted octanol–water partition coefficient (Wildman–Crippen LogP) is 5.40. The number of fused-ring (bicyclic) bond motifs is 1. The van der Waals surface area contributed by atoms with E-state index in [0.717, 1.165) is 57.1 Å². The molecule has 2 aliphatic heterocycles. The summed E-state index contributed by atoms with van der Waals surface area (Å²) in [6.45, 7) is 9.56. The van der Waals surface area contributed by atoms with Crippen molar-refractivity contribution >= 4 is 21.2 Å². The molecule has 1 saturated heterocycles. The van der Waals surface area contributed by atoms with Gasteiger partial charge in [-0.3, -0.25) is 9.69 Å². The van der Waals surface area contributed by atoms with Crippen molar-refractivity contribution in [2.45, 2.75) is 76.3 Å². The molecule has 37 heavy (non-hydrogen) atoms. The summed E-state index contributed by atoms with van der Waals surface area (Å²) in [6.07, 6.45) is 8.60. The van der Waals surface area contributed by atoms with E-state index in [9.17, 15) is 14.7 Å². The molecule has 9 heteroatoms. The average Bonchev–Trinajstić information content (AvgIpc) is 3.44. The Balaban J connectivity index is 1.91. The van der Waals surface area contributed by atoms with Gasteiger partial charge in [-0.1, -0.05) is 46.1 Å². The Kier molecular flexibility index (Phi) is 11.0. The highest BCUT2D eigenvalue weighted by atomic mass is 32.3. The van der Waals surface area contributed by atoms with Crippen molar-refractivity contribution in [3.8, 4) is 11.5 Å². The summed E-state index contributed by atoms with van der Waals surface area (Å²) in [5, 5.41) is 9.60. The molecule has 0 bridgehead atoms. The Morgan fingerprint density at radius 1 is 1.16 bits per heavy atom. The Bertz CT molecular complexity index is 916. The maximum atomic E-state index is 13.6. The van der Waals surface area contributed by atoms with Gasteiger partial charge in [-0.2, -0.15) is 0 Å². The molecule has 1 amide bonds. The van der Waals surface area contributed by atoms with Gasteiger partial charge in [0.15, 0.2) is 11.5 Å². The van der Waals surface area contributed by atoms with Gasteiger partial charge in [0, 0.05) is 24.9 Å². The molecule has 3 N–H and O–H groups in total. The largest absolute Gasteiger partial charge is 0.474 e. The van der Waals surface area contributed by atoms with Gasteiger partial charge in [0.1, 0.15) is 0 Å². The lowest BCUT2D eigenvalue weighted by Crippen LogP contribution is -2.44. The molecular formula is C28H47N3O5S. The molecule has 0 saturated carbocycles. The molecule has 2 heterocycles. The molecule has 1 fully saturated rings. The summed E-state index contributed by atoms with van der Waals surface area (Å²) in [5.41, 5.74) is 6.65. The molecule has 0 spiro atoms. The number of amides is 1. The Morgan fingerprint density at radius 3 is 2.57 bits per heavy atom. The number of carbonyl (C=O) groups is 2. The molecule has 4 atom stereocenters. The van der Waals surface area contributed by atoms with E-state index in [-0.39, 0.29) is 29.9 Å². The molecule has 4 unspecified atom stereocenters. The Hall–Kier alpha value is -1.97. The summed E-state index contributed by atoms with van der Waals surface area (Å²) < 4.78 is 11.1. The van der Waals surface area contributed by atoms with Crippen LogP contribution in [0.5, 0.6) is 11.5 Å². The molecule has 0 aromatic heterocycles. The standard InChI is InChI=1S/C28H47N3O5S/c1-5-7-14-30(15-9-8-13-29)26(32)19-31-18-25(22-11-12-23-24(17-22)36-20-35-23)37(4,28(33)34)27(31)16-21(3)10-6-2/h11-12,17,21,25,27H,5-10,13-16,18-20,29H2,1-4H3,(H,33,34). The fourth-order valence-corrected chi connectivity index (χ4v) is 9.20. The van der Waals surface area contributed by atoms with Crippen LogP contribution >= 0.6 is 10.0 Å². The highest BCUT2D eigenvalue weighted by Gasteiger charge is 2.53. The second-order valence-corrected chi connectivity index (χ2v) is 14.2. The number of carbonyl (C=O) groups excluding carboxylic acids is 1. The number of benzene rings is 1. The van der Waals surface area contributed by atoms with Crippen molar-refractivity contribution in [2.24, 2.45) is 11.7 Å². The molecule has 2 aliphatic rings. The lowest BCUT2D eigenvalue weighted by molar-refractivity contribution is -0.132. The first-order chi connectivity index (χ1) is 17.8. The van der Waals surface area contributed by atoms with Crippen molar-refractivity contribution in [3.63, 3.8) is 0 Å². The van der Waals surface area contributed by atoms with Gasteiger partial charge in [-0.15, -0.1) is 10.0 Å². The van der Waals surface area contributed by atoms with Crippen LogP contribution in [-0.2, 0) is 4.79 Å². The van der Waals surface area contributed by atoms with Crippen LogP contribution in [0.15, 0.2) is 18.2 Å². The van der Waals surface area contributed by atoms with Gasteiger partial charge in [-0.25, -0.2) is 4.79 Å². The number of hydrogen-bond acceptors (Lipinski definition) is 6. The molecule has 8 nitrogen and oxygen atoms in total. The third-order valence-corrected chi connectivity index (χ3v) is 11.8. The predicted molar refractivity (Wildman–Crippen MR) is 151 cm³/mol. The topological polar surface area (TPSA) is 105 Å². The van der Waals surface area contributed by atoms with Crippen LogP contribution in [0.1, 0.15) is 76.5 Å². The zero-order chi connectivity index (χ0) is 27.0. The number of ether oxygens (including phenoxy) is 2. The van der Waals surface area contributed by atoms with Gasteiger partial charge in [0.05, 0.1) is 11.9 Å². The third-order valence-electron chi connectivity index (χ3n) is 7.85. The van der Waals surface area contributed by atoms with Crippen LogP contribution in [0.25, 0.3) is 0 Å². The van der Waals surface area contributed by atoms with E-state index in [1.54, 1.807) is 0 Å². The summed E-state index contributed by atoms with van der Waals surface area (Å²) in [7, 11) is -2.19. The van der Waals surface area contributed by atoms with Gasteiger partial charge in [-0.05, 0) is 62.1 Å². The maximum absolute atomic E-state index is 13.6. The van der Waals surface area contributed by atoms with Gasteiger partial charge >= 0.3 is 5.30 Å². The summed E-state index contributed by atoms with van der Waals surface area (Å²) >= 11 is 0. The van der Waals surface area contributed by atoms with E-state index >= 15 is 0 Å². The van der Waals surface area contributed by atoms with Crippen LogP contribution in [-0.4, -0.2) is 77.3 Å². The first-order valence-electron chi connectivity index (χ1n) is 13.9. The molecule has 0 aliphatic carbocycles. The summed E-state index contributed by atoms with van der Waals surface area (Å²) in [4.78, 5) is 30.8. The number of hydrogen-bond donors (Lipinski definition) is 2. The quantitative estimate of drug-likeness (QED) is 0.306. The zero-order valence-electron chi connectivity index (χ0n) is 23.1. The van der Waals surface area contributed by atoms with E-state index in [1.165, 1.54) is 0 Å². The number of nitrogens with two attached hydrogens (primary N) is 1. The molecule has 210 valence electrons. The summed E-state index contributed by atoms with van der Waals surface area (Å²) in [6, 6.07) is 5.80. The summed E-state index contributed by atoms with van der Waals surface area (Å²) in [5.74, 6) is 1.84. The molecule has 1 aromatic carbocycles. The molecule has 3 rings (SSSR count). The van der Waals surface area contributed by atoms with Crippen LogP contribution in [0.3, 0.4) is 0 Å². The van der Waals surface area contributed by atoms with Crippen LogP contribution < -0.4 is 15.2 Å². The number of nitrogens with zero attached hydrogens (tertiary/aromatic N) is 2. The second kappa shape index (κ2) is 13.7. The lowest BCUT2D eigenvalue weighted by Gasteiger charge is -2.40. The Labute approximate surface area is 224 Å². The van der Waals surface area contributed by atoms with Crippen molar-refractivity contribution in [2.75, 3.05) is 45.8 Å². The fourth-order valence-electron chi connectivity index (χ4n) is 5.63. The SMILES string of the molecule is CCCCN(CCCCN)C(=O)CN1CC(c2ccc3c(c2)OCO3)S(C)(C(=O)O)C1CC(C)CCC. The van der Waals surface area contributed by atoms with E-state index in [2.05, 4.69) is 25.7 Å². The van der Waals surface area contributed by atoms with Crippen molar-refractivity contribution in [3.05, 3.63) is 23.8 Å². The van der Waals surface area contributed by atoms with Crippen LogP contribution in [0.4, 0.5) is 4.79 Å². The lowest BCUT2D eigenvalue weighted by atomic mass is 10.0. The number of unbranched alkanes of at least 4 members (excludes halogenated alkanes) is 2. The van der Waals surface area contributed by atoms with E-state index in [4.69, 9.17) is 15.2 Å². The second-order valence-electron chi connectivity index (χ2n) is 10.7.